The quantitative estimate of drug-likeness (QED) is 0.292. The average Bonchev–Trinajstić information content (AvgIpc) is 3.28. The monoisotopic (exact) mass is 440 g/mol. The lowest BCUT2D eigenvalue weighted by molar-refractivity contribution is 0.206. The number of nitrogens with zero attached hydrogens (tertiary/aromatic N) is 2. The van der Waals surface area contributed by atoms with Crippen LogP contribution in [0, 0.1) is 12.7 Å². The van der Waals surface area contributed by atoms with Gasteiger partial charge in [0.25, 0.3) is 0 Å². The van der Waals surface area contributed by atoms with Gasteiger partial charge < -0.3 is 9.47 Å². The number of halogens is 1. The molecule has 0 spiro atoms. The Morgan fingerprint density at radius 3 is 2.36 bits per heavy atom. The Kier molecular flexibility index (Phi) is 6.59. The molecule has 4 aromatic rings. The van der Waals surface area contributed by atoms with Gasteiger partial charge in [-0.3, -0.25) is 0 Å². The molecular formula is C30H33FN2. The van der Waals surface area contributed by atoms with E-state index < -0.39 is 0 Å². The summed E-state index contributed by atoms with van der Waals surface area (Å²) in [6.45, 7) is 5.62. The average molecular weight is 441 g/mol. The smallest absolute Gasteiger partial charge is 0.123 e. The minimum absolute atomic E-state index is 0.175. The molecule has 3 heteroatoms. The van der Waals surface area contributed by atoms with E-state index in [1.807, 2.05) is 12.1 Å². The van der Waals surface area contributed by atoms with Crippen LogP contribution >= 0.6 is 0 Å². The molecule has 1 aliphatic heterocycles. The normalized spacial score (nSPS) is 16.3. The van der Waals surface area contributed by atoms with E-state index in [4.69, 9.17) is 0 Å². The standard InChI is InChI=1S/C30H33FN2/c1-23-8-10-24(11-9-23)25-16-20-32(21-17-25)19-4-7-30(27-12-14-28(31)15-13-27)33-22-18-26-5-2-3-6-29(26)33/h2-3,5-6,8-15,18,22,25,30H,4,7,16-17,19-21H2,1H3. The van der Waals surface area contributed by atoms with E-state index in [9.17, 15) is 4.39 Å². The number of likely N-dealkylation sites (tertiary alicyclic amines) is 1. The molecule has 1 saturated heterocycles. The Hall–Kier alpha value is -2.91. The van der Waals surface area contributed by atoms with Gasteiger partial charge in [-0.25, -0.2) is 4.39 Å². The fourth-order valence-corrected chi connectivity index (χ4v) is 5.36. The predicted molar refractivity (Wildman–Crippen MR) is 135 cm³/mol. The Morgan fingerprint density at radius 1 is 0.879 bits per heavy atom. The molecule has 5 rings (SSSR count). The first-order valence-electron chi connectivity index (χ1n) is 12.3. The zero-order valence-corrected chi connectivity index (χ0v) is 19.5. The van der Waals surface area contributed by atoms with E-state index in [0.717, 1.165) is 19.4 Å². The second-order valence-electron chi connectivity index (χ2n) is 9.52. The summed E-state index contributed by atoms with van der Waals surface area (Å²) in [4.78, 5) is 2.63. The first-order chi connectivity index (χ1) is 16.2. The van der Waals surface area contributed by atoms with Crippen LogP contribution in [0.3, 0.4) is 0 Å². The van der Waals surface area contributed by atoms with Gasteiger partial charge in [-0.15, -0.1) is 0 Å². The number of aryl methyl sites for hydroxylation is 1. The molecular weight excluding hydrogens is 407 g/mol. The summed E-state index contributed by atoms with van der Waals surface area (Å²) in [5.74, 6) is 0.520. The van der Waals surface area contributed by atoms with Crippen LogP contribution in [0.1, 0.15) is 54.3 Å². The van der Waals surface area contributed by atoms with E-state index in [1.54, 1.807) is 12.1 Å². The maximum Gasteiger partial charge on any atom is 0.123 e. The van der Waals surface area contributed by atoms with Crippen molar-refractivity contribution in [2.24, 2.45) is 0 Å². The van der Waals surface area contributed by atoms with E-state index in [2.05, 4.69) is 77.2 Å². The third-order valence-electron chi connectivity index (χ3n) is 7.31. The van der Waals surface area contributed by atoms with Crippen molar-refractivity contribution in [2.75, 3.05) is 19.6 Å². The summed E-state index contributed by atoms with van der Waals surface area (Å²) in [7, 11) is 0. The molecule has 2 heterocycles. The lowest BCUT2D eigenvalue weighted by atomic mass is 9.89. The first-order valence-corrected chi connectivity index (χ1v) is 12.3. The molecule has 170 valence electrons. The minimum atomic E-state index is -0.175. The van der Waals surface area contributed by atoms with Gasteiger partial charge in [0.1, 0.15) is 5.82 Å². The second-order valence-corrected chi connectivity index (χ2v) is 9.52. The van der Waals surface area contributed by atoms with Crippen LogP contribution in [0.15, 0.2) is 85.1 Å². The summed E-state index contributed by atoms with van der Waals surface area (Å²) < 4.78 is 16.0. The number of piperidine rings is 1. The summed E-state index contributed by atoms with van der Waals surface area (Å²) in [5.41, 5.74) is 5.25. The van der Waals surface area contributed by atoms with Crippen molar-refractivity contribution < 1.29 is 4.39 Å². The van der Waals surface area contributed by atoms with Crippen molar-refractivity contribution in [2.45, 2.75) is 44.6 Å². The Bertz CT molecular complexity index is 1170. The number of benzene rings is 3. The van der Waals surface area contributed by atoms with Gasteiger partial charge >= 0.3 is 0 Å². The molecule has 1 aliphatic rings. The maximum absolute atomic E-state index is 13.6. The molecule has 33 heavy (non-hydrogen) atoms. The molecule has 0 saturated carbocycles. The first kappa shape index (κ1) is 21.9. The van der Waals surface area contributed by atoms with Gasteiger partial charge in [0, 0.05) is 11.7 Å². The van der Waals surface area contributed by atoms with Crippen molar-refractivity contribution in [1.29, 1.82) is 0 Å². The molecule has 1 atom stereocenters. The molecule has 0 amide bonds. The summed E-state index contributed by atoms with van der Waals surface area (Å²) in [6, 6.07) is 27.1. The molecule has 0 N–H and O–H groups in total. The van der Waals surface area contributed by atoms with Crippen LogP contribution in [0.4, 0.5) is 4.39 Å². The molecule has 0 radical (unpaired) electrons. The summed E-state index contributed by atoms with van der Waals surface area (Å²) in [5, 5.41) is 1.25. The Morgan fingerprint density at radius 2 is 1.61 bits per heavy atom. The van der Waals surface area contributed by atoms with Gasteiger partial charge in [-0.1, -0.05) is 60.2 Å². The number of fused-ring (bicyclic) bond motifs is 1. The van der Waals surface area contributed by atoms with Crippen LogP contribution in [0.25, 0.3) is 10.9 Å². The number of hydrogen-bond acceptors (Lipinski definition) is 1. The maximum atomic E-state index is 13.6. The molecule has 0 bridgehead atoms. The highest BCUT2D eigenvalue weighted by Crippen LogP contribution is 2.31. The van der Waals surface area contributed by atoms with Gasteiger partial charge in [-0.2, -0.15) is 0 Å². The van der Waals surface area contributed by atoms with Crippen LogP contribution in [0.2, 0.25) is 0 Å². The fourth-order valence-electron chi connectivity index (χ4n) is 5.36. The van der Waals surface area contributed by atoms with Gasteiger partial charge in [0.15, 0.2) is 0 Å². The topological polar surface area (TPSA) is 8.17 Å². The van der Waals surface area contributed by atoms with E-state index in [-0.39, 0.29) is 11.9 Å². The van der Waals surface area contributed by atoms with E-state index in [0.29, 0.717) is 5.92 Å². The van der Waals surface area contributed by atoms with Crippen LogP contribution in [-0.4, -0.2) is 29.1 Å². The summed E-state index contributed by atoms with van der Waals surface area (Å²) >= 11 is 0. The number of rotatable bonds is 7. The lowest BCUT2D eigenvalue weighted by Gasteiger charge is -2.32. The summed E-state index contributed by atoms with van der Waals surface area (Å²) in [6.07, 6.45) is 6.84. The Labute approximate surface area is 196 Å². The fraction of sp³-hybridized carbons (Fsp3) is 0.333. The molecule has 1 aromatic heterocycles. The van der Waals surface area contributed by atoms with Crippen LogP contribution in [-0.2, 0) is 0 Å². The third-order valence-corrected chi connectivity index (χ3v) is 7.31. The van der Waals surface area contributed by atoms with Crippen molar-refractivity contribution in [3.8, 4) is 0 Å². The number of hydrogen-bond donors (Lipinski definition) is 0. The third kappa shape index (κ3) is 5.04. The molecule has 2 nitrogen and oxygen atoms in total. The van der Waals surface area contributed by atoms with E-state index >= 15 is 0 Å². The zero-order valence-electron chi connectivity index (χ0n) is 19.5. The number of aromatic nitrogens is 1. The van der Waals surface area contributed by atoms with E-state index in [1.165, 1.54) is 53.5 Å². The zero-order chi connectivity index (χ0) is 22.6. The highest BCUT2D eigenvalue weighted by Gasteiger charge is 2.21. The lowest BCUT2D eigenvalue weighted by Crippen LogP contribution is -2.34. The Balaban J connectivity index is 1.23. The predicted octanol–water partition coefficient (Wildman–Crippen LogP) is 7.34. The van der Waals surface area contributed by atoms with Crippen LogP contribution < -0.4 is 0 Å². The molecule has 1 fully saturated rings. The van der Waals surface area contributed by atoms with Crippen molar-refractivity contribution in [3.05, 3.63) is 108 Å². The molecule has 1 unspecified atom stereocenters. The van der Waals surface area contributed by atoms with Crippen molar-refractivity contribution in [3.63, 3.8) is 0 Å². The molecule has 3 aromatic carbocycles. The highest BCUT2D eigenvalue weighted by molar-refractivity contribution is 5.80. The number of para-hydroxylation sites is 1. The van der Waals surface area contributed by atoms with Gasteiger partial charge in [0.05, 0.1) is 6.04 Å². The molecule has 0 aliphatic carbocycles. The van der Waals surface area contributed by atoms with Crippen molar-refractivity contribution in [1.82, 2.24) is 9.47 Å². The van der Waals surface area contributed by atoms with Crippen molar-refractivity contribution >= 4 is 10.9 Å². The van der Waals surface area contributed by atoms with Crippen LogP contribution in [0.5, 0.6) is 0 Å². The largest absolute Gasteiger partial charge is 0.340 e. The second kappa shape index (κ2) is 9.93. The van der Waals surface area contributed by atoms with Gasteiger partial charge in [-0.05, 0) is 98.9 Å². The SMILES string of the molecule is Cc1ccc(C2CCN(CCCC(c3ccc(F)cc3)n3ccc4ccccc43)CC2)cc1. The highest BCUT2D eigenvalue weighted by atomic mass is 19.1. The van der Waals surface area contributed by atoms with Gasteiger partial charge in [0.2, 0.25) is 0 Å². The minimum Gasteiger partial charge on any atom is -0.340 e.